The van der Waals surface area contributed by atoms with Gasteiger partial charge in [-0.15, -0.1) is 0 Å². The Balaban J connectivity index is 1.24. The molecule has 1 amide bonds. The van der Waals surface area contributed by atoms with Gasteiger partial charge in [0, 0.05) is 54.4 Å². The number of hydrogen-bond donors (Lipinski definition) is 2. The number of aromatic nitrogens is 3. The first kappa shape index (κ1) is 28.0. The van der Waals surface area contributed by atoms with E-state index in [-0.39, 0.29) is 22.6 Å². The maximum Gasteiger partial charge on any atom is 0.222 e. The third kappa shape index (κ3) is 5.06. The van der Waals surface area contributed by atoms with Crippen LogP contribution in [0.3, 0.4) is 0 Å². The maximum atomic E-state index is 13.7. The summed E-state index contributed by atoms with van der Waals surface area (Å²) in [5.74, 6) is 0.939. The van der Waals surface area contributed by atoms with Gasteiger partial charge in [0.25, 0.3) is 0 Å². The van der Waals surface area contributed by atoms with Crippen molar-refractivity contribution in [2.75, 3.05) is 19.5 Å². The quantitative estimate of drug-likeness (QED) is 0.249. The molecule has 3 N–H and O–H groups in total. The van der Waals surface area contributed by atoms with Crippen molar-refractivity contribution in [2.45, 2.75) is 69.2 Å². The number of nitrogens with two attached hydrogens (primary N) is 1. The van der Waals surface area contributed by atoms with E-state index in [1.807, 2.05) is 37.4 Å². The minimum absolute atomic E-state index is 0.0320. The minimum atomic E-state index is -0.402. The van der Waals surface area contributed by atoms with E-state index in [0.717, 1.165) is 65.8 Å². The van der Waals surface area contributed by atoms with Gasteiger partial charge < -0.3 is 15.8 Å². The molecule has 2 aliphatic carbocycles. The van der Waals surface area contributed by atoms with Crippen LogP contribution in [0.2, 0.25) is 0 Å². The molecule has 2 bridgehead atoms. The lowest BCUT2D eigenvalue weighted by Gasteiger charge is -2.28. The van der Waals surface area contributed by atoms with Crippen LogP contribution < -0.4 is 11.1 Å². The number of ketones is 1. The average Bonchev–Trinajstić information content (AvgIpc) is 3.67. The van der Waals surface area contributed by atoms with Crippen LogP contribution in [-0.4, -0.2) is 45.3 Å². The monoisotopic (exact) mass is 569 g/mol. The second-order valence-electron chi connectivity index (χ2n) is 11.9. The summed E-state index contributed by atoms with van der Waals surface area (Å²) >= 11 is 0. The van der Waals surface area contributed by atoms with Gasteiger partial charge in [0.05, 0.1) is 6.61 Å². The molecule has 2 fully saturated rings. The molecule has 8 nitrogen and oxygen atoms in total. The van der Waals surface area contributed by atoms with Crippen LogP contribution in [-0.2, 0) is 21.4 Å². The smallest absolute Gasteiger partial charge is 0.222 e. The third-order valence-electron chi connectivity index (χ3n) is 9.20. The van der Waals surface area contributed by atoms with Crippen LogP contribution >= 0.6 is 0 Å². The summed E-state index contributed by atoms with van der Waals surface area (Å²) in [6.07, 6.45) is 9.40. The fraction of sp³-hybridized carbons (Fsp3) is 0.394. The molecule has 9 heteroatoms. The number of fused-ring (bicyclic) bond motifs is 3. The first-order valence-corrected chi connectivity index (χ1v) is 14.5. The van der Waals surface area contributed by atoms with E-state index in [1.165, 1.54) is 12.1 Å². The van der Waals surface area contributed by atoms with E-state index in [4.69, 9.17) is 15.5 Å². The van der Waals surface area contributed by atoms with Crippen molar-refractivity contribution in [3.63, 3.8) is 0 Å². The number of amides is 1. The molecule has 2 aliphatic rings. The number of imidazole rings is 1. The molecule has 6 rings (SSSR count). The predicted molar refractivity (Wildman–Crippen MR) is 159 cm³/mol. The van der Waals surface area contributed by atoms with Gasteiger partial charge in [-0.25, -0.2) is 14.4 Å². The van der Waals surface area contributed by atoms with Crippen molar-refractivity contribution >= 4 is 23.0 Å². The molecule has 42 heavy (non-hydrogen) atoms. The van der Waals surface area contributed by atoms with E-state index in [0.29, 0.717) is 37.3 Å². The Kier molecular flexibility index (Phi) is 7.30. The van der Waals surface area contributed by atoms with Crippen molar-refractivity contribution in [3.05, 3.63) is 83.2 Å². The van der Waals surface area contributed by atoms with E-state index in [1.54, 1.807) is 19.4 Å². The zero-order valence-electron chi connectivity index (χ0n) is 24.1. The number of nitrogen functional groups attached to an aromatic ring is 1. The van der Waals surface area contributed by atoms with E-state index >= 15 is 0 Å². The van der Waals surface area contributed by atoms with Crippen LogP contribution in [0.25, 0.3) is 16.8 Å². The van der Waals surface area contributed by atoms with Crippen molar-refractivity contribution in [1.29, 1.82) is 0 Å². The highest BCUT2D eigenvalue weighted by Gasteiger charge is 2.57. The highest BCUT2D eigenvalue weighted by Crippen LogP contribution is 2.57. The Morgan fingerprint density at radius 3 is 2.60 bits per heavy atom. The summed E-state index contributed by atoms with van der Waals surface area (Å²) in [6, 6.07) is 12.3. The number of nitrogens with one attached hydrogen (secondary N) is 1. The number of halogens is 1. The first-order valence-electron chi connectivity index (χ1n) is 14.5. The number of rotatable bonds is 10. The van der Waals surface area contributed by atoms with Gasteiger partial charge in [0.15, 0.2) is 5.78 Å². The SMILES string of the molecule is COCCC(=O)NC12CCC(c3nc(-c4ccc(CCC(=O)c5cc(F)ccc5C)cc4)c4c(N)nccn34)(CC1)C2. The van der Waals surface area contributed by atoms with Gasteiger partial charge in [-0.3, -0.25) is 14.0 Å². The molecule has 0 unspecified atom stereocenters. The van der Waals surface area contributed by atoms with Gasteiger partial charge in [0.1, 0.15) is 28.7 Å². The number of benzene rings is 2. The highest BCUT2D eigenvalue weighted by atomic mass is 19.1. The Hall–Kier alpha value is -4.11. The number of anilines is 1. The molecule has 2 aromatic carbocycles. The van der Waals surface area contributed by atoms with Gasteiger partial charge >= 0.3 is 0 Å². The molecule has 0 spiro atoms. The van der Waals surface area contributed by atoms with Crippen molar-refractivity contribution in [3.8, 4) is 11.3 Å². The minimum Gasteiger partial charge on any atom is -0.384 e. The number of Topliss-reactive ketones (excluding diaryl/α,β-unsaturated/α-hetero) is 1. The molecular formula is C33H36FN5O3. The Bertz CT molecular complexity index is 1650. The zero-order valence-corrected chi connectivity index (χ0v) is 24.1. The van der Waals surface area contributed by atoms with Crippen LogP contribution in [0.5, 0.6) is 0 Å². The Morgan fingerprint density at radius 1 is 1.10 bits per heavy atom. The number of carbonyl (C=O) groups excluding carboxylic acids is 2. The topological polar surface area (TPSA) is 112 Å². The molecule has 2 heterocycles. The fourth-order valence-corrected chi connectivity index (χ4v) is 6.99. The summed E-state index contributed by atoms with van der Waals surface area (Å²) in [5, 5.41) is 3.32. The zero-order chi connectivity index (χ0) is 29.5. The summed E-state index contributed by atoms with van der Waals surface area (Å²) in [6.45, 7) is 2.23. The van der Waals surface area contributed by atoms with Gasteiger partial charge in [-0.1, -0.05) is 30.3 Å². The van der Waals surface area contributed by atoms with Crippen LogP contribution in [0.4, 0.5) is 10.2 Å². The van der Waals surface area contributed by atoms with Crippen LogP contribution in [0, 0.1) is 12.7 Å². The molecule has 2 aromatic heterocycles. The highest BCUT2D eigenvalue weighted by molar-refractivity contribution is 5.97. The molecule has 218 valence electrons. The lowest BCUT2D eigenvalue weighted by molar-refractivity contribution is -0.123. The van der Waals surface area contributed by atoms with Crippen LogP contribution in [0.15, 0.2) is 54.9 Å². The number of aryl methyl sites for hydroxylation is 2. The first-order chi connectivity index (χ1) is 20.2. The standard InChI is InChI=1S/C33H36FN5O3/c1-21-3-9-24(34)19-25(21)26(40)10-6-22-4-7-23(8-5-22)28-29-30(35)36-16-17-39(29)31(37-28)32-12-14-33(20-32,15-13-32)38-27(41)11-18-42-2/h3-5,7-9,16-17,19H,6,10-15,18,20H2,1-2H3,(H2,35,36)(H,38,41). The second kappa shape index (κ2) is 10.9. The van der Waals surface area contributed by atoms with E-state index < -0.39 is 5.82 Å². The second-order valence-corrected chi connectivity index (χ2v) is 11.9. The summed E-state index contributed by atoms with van der Waals surface area (Å²) in [7, 11) is 1.60. The van der Waals surface area contributed by atoms with E-state index in [2.05, 4.69) is 14.7 Å². The number of nitrogens with zero attached hydrogens (tertiary/aromatic N) is 3. The number of carbonyl (C=O) groups is 2. The van der Waals surface area contributed by atoms with Gasteiger partial charge in [-0.05, 0) is 68.7 Å². The van der Waals surface area contributed by atoms with Crippen molar-refractivity contribution in [2.24, 2.45) is 0 Å². The fourth-order valence-electron chi connectivity index (χ4n) is 6.99. The predicted octanol–water partition coefficient (Wildman–Crippen LogP) is 5.35. The van der Waals surface area contributed by atoms with E-state index in [9.17, 15) is 14.0 Å². The molecule has 0 radical (unpaired) electrons. The summed E-state index contributed by atoms with van der Waals surface area (Å²) < 4.78 is 20.8. The van der Waals surface area contributed by atoms with Gasteiger partial charge in [0.2, 0.25) is 5.91 Å². The van der Waals surface area contributed by atoms with Gasteiger partial charge in [-0.2, -0.15) is 0 Å². The average molecular weight is 570 g/mol. The Labute approximate surface area is 244 Å². The molecule has 0 atom stereocenters. The Morgan fingerprint density at radius 2 is 1.86 bits per heavy atom. The summed E-state index contributed by atoms with van der Waals surface area (Å²) in [4.78, 5) is 34.9. The van der Waals surface area contributed by atoms with Crippen LogP contribution in [0.1, 0.15) is 72.3 Å². The lowest BCUT2D eigenvalue weighted by Crippen LogP contribution is -2.45. The molecule has 0 saturated heterocycles. The number of hydrogen-bond acceptors (Lipinski definition) is 6. The normalized spacial score (nSPS) is 21.2. The number of methoxy groups -OCH3 is 1. The summed E-state index contributed by atoms with van der Waals surface area (Å²) in [5.41, 5.74) is 10.8. The maximum absolute atomic E-state index is 13.7. The molecule has 0 aliphatic heterocycles. The van der Waals surface area contributed by atoms with Crippen molar-refractivity contribution < 1.29 is 18.7 Å². The molecule has 2 saturated carbocycles. The third-order valence-corrected chi connectivity index (χ3v) is 9.20. The largest absolute Gasteiger partial charge is 0.384 e. The van der Waals surface area contributed by atoms with Crippen molar-refractivity contribution in [1.82, 2.24) is 19.7 Å². The lowest BCUT2D eigenvalue weighted by atomic mass is 9.83. The number of ether oxygens (including phenoxy) is 1. The molecule has 4 aromatic rings. The molecular weight excluding hydrogens is 533 g/mol.